The number of carboxylic acids is 1. The fraction of sp³-hybridized carbons (Fsp3) is 0.333. The van der Waals surface area contributed by atoms with Crippen LogP contribution in [0.2, 0.25) is 0 Å². The van der Waals surface area contributed by atoms with E-state index in [2.05, 4.69) is 20.2 Å². The molecule has 1 aromatic rings. The van der Waals surface area contributed by atoms with Gasteiger partial charge in [-0.1, -0.05) is 0 Å². The van der Waals surface area contributed by atoms with E-state index in [0.29, 0.717) is 12.1 Å². The maximum Gasteiger partial charge on any atom is 0.354 e. The maximum absolute atomic E-state index is 11.0. The van der Waals surface area contributed by atoms with Crippen LogP contribution in [-0.4, -0.2) is 45.8 Å². The fourth-order valence-electron chi connectivity index (χ4n) is 2.04. The van der Waals surface area contributed by atoms with Gasteiger partial charge in [-0.15, -0.1) is 0 Å². The molecule has 2 atom stereocenters. The van der Waals surface area contributed by atoms with Crippen molar-refractivity contribution in [3.05, 3.63) is 17.5 Å². The first-order valence-electron chi connectivity index (χ1n) is 4.62. The summed E-state index contributed by atoms with van der Waals surface area (Å²) in [7, 11) is 0. The quantitative estimate of drug-likeness (QED) is 0.665. The third-order valence-corrected chi connectivity index (χ3v) is 2.75. The van der Waals surface area contributed by atoms with E-state index in [1.807, 2.05) is 0 Å². The van der Waals surface area contributed by atoms with Gasteiger partial charge in [-0.3, -0.25) is 15.1 Å². The minimum absolute atomic E-state index is 0.0772. The third-order valence-electron chi connectivity index (χ3n) is 2.75. The minimum Gasteiger partial charge on any atom is -0.477 e. The molecule has 2 unspecified atom stereocenters. The van der Waals surface area contributed by atoms with Gasteiger partial charge in [-0.05, 0) is 0 Å². The number of carboxylic acid groups (broad SMARTS) is 1. The van der Waals surface area contributed by atoms with E-state index >= 15 is 0 Å². The van der Waals surface area contributed by atoms with E-state index in [0.717, 1.165) is 5.69 Å². The summed E-state index contributed by atoms with van der Waals surface area (Å²) in [5.74, 6) is -0.887. The van der Waals surface area contributed by atoms with Crippen LogP contribution in [0.4, 0.5) is 0 Å². The average Bonchev–Trinajstić information content (AvgIpc) is 2.83. The lowest BCUT2D eigenvalue weighted by Crippen LogP contribution is -2.29. The number of H-pyrrole nitrogens is 1. The smallest absolute Gasteiger partial charge is 0.354 e. The predicted molar refractivity (Wildman–Crippen MR) is 52.6 cm³/mol. The number of nitrogens with zero attached hydrogens (tertiary/aromatic N) is 3. The van der Waals surface area contributed by atoms with Gasteiger partial charge in [-0.25, -0.2) is 4.79 Å². The van der Waals surface area contributed by atoms with Gasteiger partial charge in [0.05, 0.1) is 17.9 Å². The van der Waals surface area contributed by atoms with E-state index < -0.39 is 5.97 Å². The molecule has 3 rings (SSSR count). The van der Waals surface area contributed by atoms with Gasteiger partial charge >= 0.3 is 5.97 Å². The van der Waals surface area contributed by atoms with Crippen LogP contribution in [0.5, 0.6) is 0 Å². The van der Waals surface area contributed by atoms with E-state index in [4.69, 9.17) is 5.11 Å². The highest BCUT2D eigenvalue weighted by atomic mass is 16.4. The summed E-state index contributed by atoms with van der Waals surface area (Å²) in [5.41, 5.74) is 1.51. The molecule has 0 aromatic carbocycles. The SMILES string of the molecule is O=C(O)C1=NC2C=NCC2c2[nH]ncc21. The Kier molecular flexibility index (Phi) is 1.53. The van der Waals surface area contributed by atoms with Crippen molar-refractivity contribution < 1.29 is 9.90 Å². The Labute approximate surface area is 84.8 Å². The Morgan fingerprint density at radius 1 is 1.60 bits per heavy atom. The molecule has 0 saturated heterocycles. The summed E-state index contributed by atoms with van der Waals surface area (Å²) in [6.45, 7) is 0.649. The molecule has 0 bridgehead atoms. The normalized spacial score (nSPS) is 27.1. The molecule has 0 spiro atoms. The van der Waals surface area contributed by atoms with Crippen molar-refractivity contribution in [2.24, 2.45) is 9.98 Å². The minimum atomic E-state index is -1.02. The summed E-state index contributed by atoms with van der Waals surface area (Å²) in [4.78, 5) is 19.3. The Morgan fingerprint density at radius 3 is 3.27 bits per heavy atom. The van der Waals surface area contributed by atoms with Crippen molar-refractivity contribution in [1.29, 1.82) is 0 Å². The fourth-order valence-corrected chi connectivity index (χ4v) is 2.04. The summed E-state index contributed by atoms with van der Waals surface area (Å²) in [6, 6.07) is -0.149. The second-order valence-corrected chi connectivity index (χ2v) is 3.59. The highest BCUT2D eigenvalue weighted by molar-refractivity contribution is 6.43. The van der Waals surface area contributed by atoms with Gasteiger partial charge in [0.15, 0.2) is 5.71 Å². The molecule has 0 aliphatic carbocycles. The van der Waals surface area contributed by atoms with Gasteiger partial charge in [0.1, 0.15) is 0 Å². The molecular weight excluding hydrogens is 196 g/mol. The second kappa shape index (κ2) is 2.75. The predicted octanol–water partition coefficient (Wildman–Crippen LogP) is -0.166. The van der Waals surface area contributed by atoms with Gasteiger partial charge in [0, 0.05) is 24.2 Å². The number of aromatic nitrogens is 2. The number of aliphatic carboxylic acids is 1. The lowest BCUT2D eigenvalue weighted by atomic mass is 9.91. The molecule has 2 aliphatic heterocycles. The number of aliphatic imine (C=N–C) groups is 2. The number of nitrogens with one attached hydrogen (secondary N) is 1. The highest BCUT2D eigenvalue weighted by Gasteiger charge is 2.36. The zero-order chi connectivity index (χ0) is 10.4. The first kappa shape index (κ1) is 8.34. The van der Waals surface area contributed by atoms with E-state index in [9.17, 15) is 4.79 Å². The van der Waals surface area contributed by atoms with E-state index in [-0.39, 0.29) is 17.7 Å². The van der Waals surface area contributed by atoms with Crippen LogP contribution in [0.1, 0.15) is 17.2 Å². The first-order chi connectivity index (χ1) is 7.27. The van der Waals surface area contributed by atoms with Crippen LogP contribution in [0, 0.1) is 0 Å². The maximum atomic E-state index is 11.0. The van der Waals surface area contributed by atoms with Crippen LogP contribution in [0.25, 0.3) is 0 Å². The average molecular weight is 204 g/mol. The third kappa shape index (κ3) is 1.04. The van der Waals surface area contributed by atoms with Crippen molar-refractivity contribution in [1.82, 2.24) is 10.2 Å². The van der Waals surface area contributed by atoms with Crippen molar-refractivity contribution in [3.63, 3.8) is 0 Å². The Bertz CT molecular complexity index is 488. The van der Waals surface area contributed by atoms with E-state index in [1.165, 1.54) is 6.20 Å². The number of aromatic amines is 1. The summed E-state index contributed by atoms with van der Waals surface area (Å²) >= 11 is 0. The molecule has 1 aromatic heterocycles. The van der Waals surface area contributed by atoms with Crippen LogP contribution in [-0.2, 0) is 4.79 Å². The second-order valence-electron chi connectivity index (χ2n) is 3.59. The first-order valence-corrected chi connectivity index (χ1v) is 4.62. The lowest BCUT2D eigenvalue weighted by molar-refractivity contribution is -0.129. The van der Waals surface area contributed by atoms with Crippen molar-refractivity contribution >= 4 is 17.9 Å². The Balaban J connectivity index is 2.17. The zero-order valence-corrected chi connectivity index (χ0v) is 7.71. The van der Waals surface area contributed by atoms with Gasteiger partial charge in [-0.2, -0.15) is 5.10 Å². The molecule has 0 fully saturated rings. The number of fused-ring (bicyclic) bond motifs is 3. The topological polar surface area (TPSA) is 90.7 Å². The largest absolute Gasteiger partial charge is 0.477 e. The van der Waals surface area contributed by atoms with Gasteiger partial charge in [0.25, 0.3) is 0 Å². The zero-order valence-electron chi connectivity index (χ0n) is 7.71. The summed E-state index contributed by atoms with van der Waals surface area (Å²) in [6.07, 6.45) is 3.22. The standard InChI is InChI=1S/C9H8N4O2/c14-9(15)8-5-2-11-13-7(5)4-1-10-3-6(4)12-8/h2-4,6H,1H2,(H,11,13)(H,14,15). The molecule has 0 amide bonds. The number of hydrogen-bond donors (Lipinski definition) is 2. The Hall–Kier alpha value is -1.98. The highest BCUT2D eigenvalue weighted by Crippen LogP contribution is 2.31. The summed E-state index contributed by atoms with van der Waals surface area (Å²) in [5, 5.41) is 15.7. The monoisotopic (exact) mass is 204 g/mol. The lowest BCUT2D eigenvalue weighted by Gasteiger charge is -2.20. The van der Waals surface area contributed by atoms with Crippen LogP contribution < -0.4 is 0 Å². The molecule has 6 heteroatoms. The molecule has 0 radical (unpaired) electrons. The molecule has 6 nitrogen and oxygen atoms in total. The van der Waals surface area contributed by atoms with Crippen molar-refractivity contribution in [3.8, 4) is 0 Å². The summed E-state index contributed by atoms with van der Waals surface area (Å²) < 4.78 is 0. The molecule has 0 saturated carbocycles. The Morgan fingerprint density at radius 2 is 2.47 bits per heavy atom. The van der Waals surface area contributed by atoms with E-state index in [1.54, 1.807) is 6.21 Å². The molecule has 3 heterocycles. The molecule has 2 N–H and O–H groups in total. The van der Waals surface area contributed by atoms with Crippen molar-refractivity contribution in [2.75, 3.05) is 6.54 Å². The number of rotatable bonds is 1. The molecule has 2 aliphatic rings. The molecule has 15 heavy (non-hydrogen) atoms. The molecular formula is C9H8N4O2. The van der Waals surface area contributed by atoms with Gasteiger partial charge < -0.3 is 5.11 Å². The van der Waals surface area contributed by atoms with Crippen LogP contribution in [0.15, 0.2) is 16.2 Å². The number of hydrogen-bond acceptors (Lipinski definition) is 4. The number of carbonyl (C=O) groups is 1. The molecule has 76 valence electrons. The van der Waals surface area contributed by atoms with Crippen LogP contribution >= 0.6 is 0 Å². The van der Waals surface area contributed by atoms with Gasteiger partial charge in [0.2, 0.25) is 0 Å². The van der Waals surface area contributed by atoms with Crippen molar-refractivity contribution in [2.45, 2.75) is 12.0 Å². The van der Waals surface area contributed by atoms with Crippen LogP contribution in [0.3, 0.4) is 0 Å².